The van der Waals surface area contributed by atoms with E-state index in [1.807, 2.05) is 17.5 Å². The van der Waals surface area contributed by atoms with Gasteiger partial charge in [0.05, 0.1) is 17.9 Å². The zero-order valence-corrected chi connectivity index (χ0v) is 21.1. The first-order valence-corrected chi connectivity index (χ1v) is 12.8. The third-order valence-corrected chi connectivity index (χ3v) is 6.99. The Morgan fingerprint density at radius 2 is 1.78 bits per heavy atom. The third-order valence-electron chi connectivity index (χ3n) is 4.92. The highest BCUT2D eigenvalue weighted by atomic mass is 35.5. The van der Waals surface area contributed by atoms with Crippen LogP contribution in [0, 0.1) is 22.7 Å². The molecule has 2 aromatic carbocycles. The van der Waals surface area contributed by atoms with Gasteiger partial charge in [0.15, 0.2) is 5.13 Å². The summed E-state index contributed by atoms with van der Waals surface area (Å²) in [6.45, 7) is 0.0703. The van der Waals surface area contributed by atoms with Crippen LogP contribution in [0.4, 0.5) is 16.6 Å². The molecule has 36 heavy (non-hydrogen) atoms. The second kappa shape index (κ2) is 11.8. The molecule has 0 saturated carbocycles. The molecule has 0 radical (unpaired) electrons. The average Bonchev–Trinajstić information content (AvgIpc) is 3.34. The molecule has 4 N–H and O–H groups in total. The Morgan fingerprint density at radius 3 is 2.44 bits per heavy atom. The van der Waals surface area contributed by atoms with Crippen LogP contribution in [0.2, 0.25) is 5.02 Å². The van der Waals surface area contributed by atoms with Crippen molar-refractivity contribution in [2.75, 3.05) is 24.3 Å². The monoisotopic (exact) mass is 534 g/mol. The van der Waals surface area contributed by atoms with Crippen molar-refractivity contribution in [3.63, 3.8) is 0 Å². The largest absolute Gasteiger partial charge is 0.491 e. The number of anilines is 3. The number of pyridine rings is 1. The zero-order valence-electron chi connectivity index (χ0n) is 18.7. The number of aliphatic hydroxyl groups excluding tert-OH is 1. The van der Waals surface area contributed by atoms with Gasteiger partial charge in [-0.2, -0.15) is 10.5 Å². The minimum Gasteiger partial charge on any atom is -0.491 e. The number of nitrogen functional groups attached to an aromatic ring is 1. The zero-order chi connectivity index (χ0) is 25.5. The normalized spacial score (nSPS) is 10.4. The van der Waals surface area contributed by atoms with Gasteiger partial charge in [-0.3, -0.25) is 0 Å². The summed E-state index contributed by atoms with van der Waals surface area (Å²) in [7, 11) is 0. The molecule has 0 aliphatic rings. The average molecular weight is 535 g/mol. The lowest BCUT2D eigenvalue weighted by Gasteiger charge is -2.13. The summed E-state index contributed by atoms with van der Waals surface area (Å²) in [6.07, 6.45) is 0. The number of halogens is 1. The van der Waals surface area contributed by atoms with Crippen molar-refractivity contribution >= 4 is 51.3 Å². The highest BCUT2D eigenvalue weighted by molar-refractivity contribution is 7.98. The van der Waals surface area contributed by atoms with Crippen molar-refractivity contribution in [2.24, 2.45) is 0 Å². The summed E-state index contributed by atoms with van der Waals surface area (Å²) in [5.41, 5.74) is 9.27. The topological polar surface area (TPSA) is 141 Å². The van der Waals surface area contributed by atoms with Gasteiger partial charge >= 0.3 is 0 Å². The molecule has 0 aliphatic heterocycles. The summed E-state index contributed by atoms with van der Waals surface area (Å²) < 4.78 is 5.40. The lowest BCUT2D eigenvalue weighted by molar-refractivity contribution is 0.201. The lowest BCUT2D eigenvalue weighted by Crippen LogP contribution is -2.04. The molecule has 0 fully saturated rings. The van der Waals surface area contributed by atoms with E-state index in [4.69, 9.17) is 27.2 Å². The van der Waals surface area contributed by atoms with Gasteiger partial charge < -0.3 is 20.9 Å². The molecule has 0 atom stereocenters. The van der Waals surface area contributed by atoms with Gasteiger partial charge in [0.1, 0.15) is 40.9 Å². The van der Waals surface area contributed by atoms with Crippen molar-refractivity contribution in [3.8, 4) is 29.0 Å². The summed E-state index contributed by atoms with van der Waals surface area (Å²) in [5.74, 6) is 1.07. The molecular weight excluding hydrogens is 516 g/mol. The quantitative estimate of drug-likeness (QED) is 0.234. The Morgan fingerprint density at radius 1 is 1.06 bits per heavy atom. The minimum absolute atomic E-state index is 0.0537. The Balaban J connectivity index is 1.57. The number of aliphatic hydroxyl groups is 1. The molecule has 0 amide bonds. The highest BCUT2D eigenvalue weighted by Gasteiger charge is 2.21. The van der Waals surface area contributed by atoms with Crippen LogP contribution < -0.4 is 15.8 Å². The Labute approximate surface area is 221 Å². The molecule has 0 spiro atoms. The summed E-state index contributed by atoms with van der Waals surface area (Å²) in [6, 6.07) is 18.5. The first-order valence-electron chi connectivity index (χ1n) is 10.6. The van der Waals surface area contributed by atoms with Gasteiger partial charge in [0.2, 0.25) is 0 Å². The summed E-state index contributed by atoms with van der Waals surface area (Å²) in [4.78, 5) is 8.94. The Hall–Kier alpha value is -3.80. The molecule has 4 rings (SSSR count). The fraction of sp³-hybridized carbons (Fsp3) is 0.120. The minimum atomic E-state index is -0.0992. The number of thioether (sulfide) groups is 1. The van der Waals surface area contributed by atoms with Gasteiger partial charge in [0, 0.05) is 27.4 Å². The molecule has 0 saturated heterocycles. The van der Waals surface area contributed by atoms with Crippen LogP contribution in [-0.4, -0.2) is 28.3 Å². The molecular formula is C25H19ClN6O2S2. The fourth-order valence-electron chi connectivity index (χ4n) is 3.30. The maximum atomic E-state index is 9.99. The first kappa shape index (κ1) is 25.3. The fourth-order valence-corrected chi connectivity index (χ4v) is 5.15. The van der Waals surface area contributed by atoms with E-state index in [0.717, 1.165) is 16.5 Å². The van der Waals surface area contributed by atoms with E-state index in [9.17, 15) is 10.5 Å². The van der Waals surface area contributed by atoms with Gasteiger partial charge in [-0.1, -0.05) is 35.5 Å². The van der Waals surface area contributed by atoms with E-state index in [2.05, 4.69) is 27.4 Å². The predicted molar refractivity (Wildman–Crippen MR) is 143 cm³/mol. The van der Waals surface area contributed by atoms with Gasteiger partial charge in [-0.15, -0.1) is 11.3 Å². The van der Waals surface area contributed by atoms with Crippen molar-refractivity contribution in [1.29, 1.82) is 10.5 Å². The van der Waals surface area contributed by atoms with Crippen LogP contribution in [0.5, 0.6) is 5.75 Å². The first-order chi connectivity index (χ1) is 17.5. The molecule has 2 aromatic heterocycles. The van der Waals surface area contributed by atoms with Crippen LogP contribution >= 0.6 is 34.7 Å². The lowest BCUT2D eigenvalue weighted by atomic mass is 9.97. The molecule has 8 nitrogen and oxygen atoms in total. The van der Waals surface area contributed by atoms with Crippen LogP contribution in [-0.2, 0) is 5.75 Å². The van der Waals surface area contributed by atoms with Crippen molar-refractivity contribution < 1.29 is 9.84 Å². The number of nitrogens with zero attached hydrogens (tertiary/aromatic N) is 4. The van der Waals surface area contributed by atoms with E-state index in [0.29, 0.717) is 32.7 Å². The Kier molecular flexibility index (Phi) is 8.26. The number of nitrogens with one attached hydrogen (secondary N) is 1. The predicted octanol–water partition coefficient (Wildman–Crippen LogP) is 5.59. The maximum absolute atomic E-state index is 9.99. The van der Waals surface area contributed by atoms with E-state index < -0.39 is 0 Å². The summed E-state index contributed by atoms with van der Waals surface area (Å²) >= 11 is 8.72. The van der Waals surface area contributed by atoms with Crippen LogP contribution in [0.1, 0.15) is 16.8 Å². The molecule has 11 heteroatoms. The molecule has 0 aliphatic carbocycles. The standard InChI is InChI=1S/C25H19ClN6O2S2/c26-16-3-5-17(6-4-16)30-25-31-18(14-36-25)13-35-24-21(12-28)22(20(11-27)23(29)32-24)15-1-7-19(8-2-15)34-10-9-33/h1-8,14,33H,9-10,13H2,(H2,29,32)(H,30,31). The van der Waals surface area contributed by atoms with Crippen LogP contribution in [0.3, 0.4) is 0 Å². The second-order valence-corrected chi connectivity index (χ2v) is 9.57. The number of hydrogen-bond donors (Lipinski definition) is 3. The number of nitrogens with two attached hydrogens (primary N) is 1. The van der Waals surface area contributed by atoms with Gasteiger partial charge in [-0.25, -0.2) is 9.97 Å². The second-order valence-electron chi connectivity index (χ2n) is 7.31. The number of aromatic nitrogens is 2. The molecule has 180 valence electrons. The van der Waals surface area contributed by atoms with Crippen LogP contribution in [0.15, 0.2) is 58.9 Å². The van der Waals surface area contributed by atoms with Gasteiger partial charge in [-0.05, 0) is 42.0 Å². The Bertz CT molecular complexity index is 1440. The van der Waals surface area contributed by atoms with Crippen LogP contribution in [0.25, 0.3) is 11.1 Å². The maximum Gasteiger partial charge on any atom is 0.187 e. The SMILES string of the molecule is N#Cc1c(N)nc(SCc2csc(Nc3ccc(Cl)cc3)n2)c(C#N)c1-c1ccc(OCCO)cc1. The molecule has 0 bridgehead atoms. The summed E-state index contributed by atoms with van der Waals surface area (Å²) in [5, 5.41) is 35.6. The smallest absolute Gasteiger partial charge is 0.187 e. The number of benzene rings is 2. The van der Waals surface area contributed by atoms with E-state index in [-0.39, 0.29) is 30.2 Å². The van der Waals surface area contributed by atoms with Gasteiger partial charge in [0.25, 0.3) is 0 Å². The van der Waals surface area contributed by atoms with E-state index in [1.54, 1.807) is 36.4 Å². The van der Waals surface area contributed by atoms with Crippen molar-refractivity contribution in [2.45, 2.75) is 10.8 Å². The molecule has 0 unspecified atom stereocenters. The van der Waals surface area contributed by atoms with Crippen molar-refractivity contribution in [3.05, 3.63) is 75.8 Å². The number of thiazole rings is 1. The highest BCUT2D eigenvalue weighted by Crippen LogP contribution is 2.37. The van der Waals surface area contributed by atoms with Crippen molar-refractivity contribution in [1.82, 2.24) is 9.97 Å². The third kappa shape index (κ3) is 5.88. The number of nitriles is 2. The molecule has 4 aromatic rings. The van der Waals surface area contributed by atoms with E-state index >= 15 is 0 Å². The number of rotatable bonds is 9. The number of hydrogen-bond acceptors (Lipinski definition) is 10. The molecule has 2 heterocycles. The van der Waals surface area contributed by atoms with E-state index in [1.165, 1.54) is 23.1 Å². The number of ether oxygens (including phenoxy) is 1.